The van der Waals surface area contributed by atoms with Crippen LogP contribution in [0.25, 0.3) is 21.8 Å². The first-order chi connectivity index (χ1) is 15.1. The van der Waals surface area contributed by atoms with Crippen molar-refractivity contribution in [2.75, 3.05) is 6.54 Å². The highest BCUT2D eigenvalue weighted by atomic mass is 16.6. The van der Waals surface area contributed by atoms with E-state index in [9.17, 15) is 14.4 Å². The molecule has 0 unspecified atom stereocenters. The van der Waals surface area contributed by atoms with Crippen molar-refractivity contribution in [2.45, 2.75) is 25.8 Å². The Kier molecular flexibility index (Phi) is 3.70. The van der Waals surface area contributed by atoms with E-state index in [1.54, 1.807) is 23.1 Å². The maximum atomic E-state index is 12.6. The van der Waals surface area contributed by atoms with Gasteiger partial charge in [0.05, 0.1) is 23.2 Å². The van der Waals surface area contributed by atoms with Gasteiger partial charge in [-0.2, -0.15) is 0 Å². The van der Waals surface area contributed by atoms with Crippen molar-refractivity contribution in [3.63, 3.8) is 0 Å². The van der Waals surface area contributed by atoms with E-state index >= 15 is 0 Å². The van der Waals surface area contributed by atoms with Crippen molar-refractivity contribution in [2.24, 2.45) is 0 Å². The van der Waals surface area contributed by atoms with Gasteiger partial charge in [0.1, 0.15) is 12.1 Å². The van der Waals surface area contributed by atoms with Gasteiger partial charge >= 0.3 is 6.09 Å². The second-order valence-electron chi connectivity index (χ2n) is 7.78. The lowest BCUT2D eigenvalue weighted by Crippen LogP contribution is -2.31. The van der Waals surface area contributed by atoms with Crippen LogP contribution in [0.1, 0.15) is 38.3 Å². The molecule has 2 aromatic heterocycles. The van der Waals surface area contributed by atoms with Crippen molar-refractivity contribution < 1.29 is 19.1 Å². The molecule has 2 aliphatic rings. The fourth-order valence-corrected chi connectivity index (χ4v) is 4.67. The number of nitrogens with zero attached hydrogens (tertiary/aromatic N) is 2. The Bertz CT molecular complexity index is 1400. The Morgan fingerprint density at radius 1 is 1.16 bits per heavy atom. The van der Waals surface area contributed by atoms with E-state index in [-0.39, 0.29) is 11.8 Å². The highest BCUT2D eigenvalue weighted by Crippen LogP contribution is 2.41. The Morgan fingerprint density at radius 2 is 1.97 bits per heavy atom. The predicted molar refractivity (Wildman–Crippen MR) is 110 cm³/mol. The summed E-state index contributed by atoms with van der Waals surface area (Å²) >= 11 is 0. The number of imide groups is 1. The number of aryl methyl sites for hydroxylation is 1. The van der Waals surface area contributed by atoms with E-state index in [4.69, 9.17) is 4.74 Å². The molecule has 6 rings (SSSR count). The molecule has 1 aliphatic heterocycles. The minimum atomic E-state index is -0.573. The summed E-state index contributed by atoms with van der Waals surface area (Å²) in [5.41, 5.74) is 4.68. The number of carbonyl (C=O) groups excluding carboxylic acids is 3. The molecule has 156 valence electrons. The van der Waals surface area contributed by atoms with Gasteiger partial charge in [-0.15, -0.1) is 5.10 Å². The molecule has 10 nitrogen and oxygen atoms in total. The van der Waals surface area contributed by atoms with Crippen LogP contribution in [0.15, 0.2) is 24.5 Å². The van der Waals surface area contributed by atoms with Crippen LogP contribution in [0.2, 0.25) is 0 Å². The van der Waals surface area contributed by atoms with Crippen molar-refractivity contribution >= 4 is 39.7 Å². The summed E-state index contributed by atoms with van der Waals surface area (Å²) in [6, 6.07) is 5.25. The van der Waals surface area contributed by atoms with Crippen LogP contribution < -0.4 is 15.4 Å². The third-order valence-electron chi connectivity index (χ3n) is 5.99. The van der Waals surface area contributed by atoms with E-state index in [1.807, 2.05) is 6.07 Å². The fourth-order valence-electron chi connectivity index (χ4n) is 4.67. The minimum Gasteiger partial charge on any atom is -0.410 e. The van der Waals surface area contributed by atoms with Crippen molar-refractivity contribution in [3.8, 4) is 5.75 Å². The average Bonchev–Trinajstić information content (AvgIpc) is 3.39. The normalized spacial score (nSPS) is 14.8. The largest absolute Gasteiger partial charge is 0.412 e. The van der Waals surface area contributed by atoms with Crippen LogP contribution >= 0.6 is 0 Å². The number of aromatic nitrogens is 4. The molecule has 0 bridgehead atoms. The molecule has 3 heterocycles. The maximum Gasteiger partial charge on any atom is 0.412 e. The predicted octanol–water partition coefficient (Wildman–Crippen LogP) is 2.01. The average molecular weight is 418 g/mol. The number of carbonyl (C=O) groups is 3. The third kappa shape index (κ3) is 2.64. The number of benzene rings is 2. The molecule has 31 heavy (non-hydrogen) atoms. The second-order valence-corrected chi connectivity index (χ2v) is 7.78. The van der Waals surface area contributed by atoms with Crippen LogP contribution in [0, 0.1) is 0 Å². The van der Waals surface area contributed by atoms with Gasteiger partial charge in [-0.3, -0.25) is 19.6 Å². The molecular formula is C21H18N6O4. The molecule has 0 atom stereocenters. The number of nitrogens with one attached hydrogen (secondary N) is 4. The van der Waals surface area contributed by atoms with E-state index in [0.717, 1.165) is 46.8 Å². The summed E-state index contributed by atoms with van der Waals surface area (Å²) in [5.74, 6) is -0.357. The Hall–Kier alpha value is -4.08. The number of rotatable bonds is 4. The topological polar surface area (TPSA) is 134 Å². The molecule has 0 spiro atoms. The lowest BCUT2D eigenvalue weighted by atomic mass is 9.94. The van der Waals surface area contributed by atoms with Crippen LogP contribution in [0.5, 0.6) is 5.75 Å². The van der Waals surface area contributed by atoms with E-state index in [0.29, 0.717) is 35.4 Å². The Labute approximate surface area is 174 Å². The van der Waals surface area contributed by atoms with Gasteiger partial charge in [-0.1, -0.05) is 0 Å². The highest BCUT2D eigenvalue weighted by Gasteiger charge is 2.36. The molecule has 1 aliphatic carbocycles. The highest BCUT2D eigenvalue weighted by molar-refractivity contribution is 6.31. The molecule has 10 heteroatoms. The van der Waals surface area contributed by atoms with Gasteiger partial charge in [0.15, 0.2) is 0 Å². The number of aromatic amines is 2. The van der Waals surface area contributed by atoms with E-state index < -0.39 is 6.09 Å². The van der Waals surface area contributed by atoms with Crippen LogP contribution in [0.3, 0.4) is 0 Å². The quantitative estimate of drug-likeness (QED) is 0.376. The molecule has 4 N–H and O–H groups in total. The second kappa shape index (κ2) is 6.46. The monoisotopic (exact) mass is 418 g/mol. The zero-order valence-electron chi connectivity index (χ0n) is 16.4. The first-order valence-corrected chi connectivity index (χ1v) is 10.1. The van der Waals surface area contributed by atoms with Gasteiger partial charge in [0.25, 0.3) is 11.8 Å². The fraction of sp³-hybridized carbons (Fsp3) is 0.238. The molecule has 3 amide bonds. The Morgan fingerprint density at radius 3 is 2.77 bits per heavy atom. The SMILES string of the molecule is O=C(NCCn1cn[nH]1)Oc1ccc2[nH]c3c4c(c5c(c3c2c1)C(=O)NC5=O)CCC4. The van der Waals surface area contributed by atoms with Gasteiger partial charge in [0, 0.05) is 22.8 Å². The molecule has 0 saturated carbocycles. The summed E-state index contributed by atoms with van der Waals surface area (Å²) in [4.78, 5) is 40.7. The van der Waals surface area contributed by atoms with Crippen molar-refractivity contribution in [1.82, 2.24) is 30.6 Å². The maximum absolute atomic E-state index is 12.6. The molecular weight excluding hydrogens is 400 g/mol. The molecule has 0 radical (unpaired) electrons. The standard InChI is InChI=1S/C21H18N6O4/c28-19-16-11-2-1-3-12(11)18-15(17(16)20(29)25-19)13-8-10(4-5-14(13)24-18)31-21(30)22-6-7-27-9-23-26-27/h4-5,8-9,24,26H,1-3,6-7H2,(H,22,30)(H,25,28,29). The van der Waals surface area contributed by atoms with Crippen LogP contribution in [-0.2, 0) is 19.4 Å². The van der Waals surface area contributed by atoms with Crippen molar-refractivity contribution in [3.05, 3.63) is 46.8 Å². The molecule has 2 aromatic carbocycles. The summed E-state index contributed by atoms with van der Waals surface area (Å²) in [6.45, 7) is 0.940. The van der Waals surface area contributed by atoms with Gasteiger partial charge in [-0.25, -0.2) is 10.0 Å². The number of H-pyrrole nitrogens is 2. The smallest absolute Gasteiger partial charge is 0.410 e. The molecule has 4 aromatic rings. The number of fused-ring (bicyclic) bond motifs is 8. The zero-order valence-corrected chi connectivity index (χ0v) is 16.4. The number of hydrogen-bond donors (Lipinski definition) is 4. The summed E-state index contributed by atoms with van der Waals surface area (Å²) in [5, 5.41) is 13.0. The van der Waals surface area contributed by atoms with Gasteiger partial charge in [-0.05, 0) is 48.6 Å². The van der Waals surface area contributed by atoms with Gasteiger partial charge < -0.3 is 15.0 Å². The van der Waals surface area contributed by atoms with Crippen LogP contribution in [-0.4, -0.2) is 44.4 Å². The van der Waals surface area contributed by atoms with Gasteiger partial charge in [0.2, 0.25) is 0 Å². The summed E-state index contributed by atoms with van der Waals surface area (Å²) < 4.78 is 7.16. The van der Waals surface area contributed by atoms with E-state index in [1.165, 1.54) is 0 Å². The molecule has 0 fully saturated rings. The van der Waals surface area contributed by atoms with Crippen LogP contribution in [0.4, 0.5) is 4.79 Å². The van der Waals surface area contributed by atoms with Crippen molar-refractivity contribution in [1.29, 1.82) is 0 Å². The lowest BCUT2D eigenvalue weighted by molar-refractivity contribution is 0.0879. The molecule has 0 saturated heterocycles. The van der Waals surface area contributed by atoms with E-state index in [2.05, 4.69) is 25.9 Å². The summed E-state index contributed by atoms with van der Waals surface area (Å²) in [6.07, 6.45) is 3.64. The Balaban J connectivity index is 1.39. The number of hydrogen-bond acceptors (Lipinski definition) is 5. The number of amides is 3. The minimum absolute atomic E-state index is 0.331. The number of ether oxygens (including phenoxy) is 1. The zero-order chi connectivity index (χ0) is 21.1. The summed E-state index contributed by atoms with van der Waals surface area (Å²) in [7, 11) is 0. The third-order valence-corrected chi connectivity index (χ3v) is 5.99. The lowest BCUT2D eigenvalue weighted by Gasteiger charge is -2.10. The first kappa shape index (κ1) is 17.8. The first-order valence-electron chi connectivity index (χ1n) is 10.1.